The lowest BCUT2D eigenvalue weighted by Crippen LogP contribution is -2.29. The Morgan fingerprint density at radius 1 is 1.26 bits per heavy atom. The van der Waals surface area contributed by atoms with Gasteiger partial charge < -0.3 is 4.74 Å². The van der Waals surface area contributed by atoms with Gasteiger partial charge in [-0.25, -0.2) is 9.78 Å². The average Bonchev–Trinajstić information content (AvgIpc) is 3.03. The second kappa shape index (κ2) is 6.93. The normalized spacial score (nSPS) is 14.8. The first-order chi connectivity index (χ1) is 13.0. The molecule has 140 valence electrons. The van der Waals surface area contributed by atoms with Gasteiger partial charge in [0.05, 0.1) is 18.8 Å². The summed E-state index contributed by atoms with van der Waals surface area (Å²) in [5, 5.41) is 0.589. The number of fused-ring (bicyclic) bond motifs is 2. The van der Waals surface area contributed by atoms with E-state index >= 15 is 0 Å². The highest BCUT2D eigenvalue weighted by molar-refractivity contribution is 7.19. The number of aromatic nitrogens is 2. The first-order valence-electron chi connectivity index (χ1n) is 9.21. The van der Waals surface area contributed by atoms with Gasteiger partial charge in [-0.2, -0.15) is 0 Å². The Balaban J connectivity index is 1.92. The van der Waals surface area contributed by atoms with E-state index in [0.29, 0.717) is 10.2 Å². The van der Waals surface area contributed by atoms with Crippen LogP contribution in [-0.4, -0.2) is 22.6 Å². The lowest BCUT2D eigenvalue weighted by Gasteiger charge is -2.17. The Morgan fingerprint density at radius 3 is 2.74 bits per heavy atom. The second-order valence-corrected chi connectivity index (χ2v) is 8.26. The highest BCUT2D eigenvalue weighted by Gasteiger charge is 2.22. The zero-order valence-corrected chi connectivity index (χ0v) is 16.6. The maximum Gasteiger partial charge on any atom is 0.328 e. The second-order valence-electron chi connectivity index (χ2n) is 7.06. The number of benzene rings is 1. The van der Waals surface area contributed by atoms with E-state index in [-0.39, 0.29) is 5.56 Å². The third kappa shape index (κ3) is 2.98. The number of aryl methyl sites for hydroxylation is 3. The van der Waals surface area contributed by atoms with Crippen molar-refractivity contribution < 1.29 is 9.53 Å². The van der Waals surface area contributed by atoms with Gasteiger partial charge in [0.1, 0.15) is 10.9 Å². The first kappa shape index (κ1) is 17.9. The van der Waals surface area contributed by atoms with Crippen LogP contribution in [0.4, 0.5) is 0 Å². The molecule has 1 atom stereocenters. The topological polar surface area (TPSA) is 61.2 Å². The number of carbonyl (C=O) groups is 1. The number of ether oxygens (including phenoxy) is 1. The third-order valence-corrected chi connectivity index (χ3v) is 6.42. The van der Waals surface area contributed by atoms with Gasteiger partial charge in [-0.1, -0.05) is 18.2 Å². The lowest BCUT2D eigenvalue weighted by molar-refractivity contribution is -0.144. The van der Waals surface area contributed by atoms with Gasteiger partial charge in [0.25, 0.3) is 5.56 Å². The Bertz CT molecular complexity index is 1100. The van der Waals surface area contributed by atoms with Crippen LogP contribution in [0, 0.1) is 6.92 Å². The minimum atomic E-state index is -0.712. The molecule has 3 aromatic rings. The predicted molar refractivity (Wildman–Crippen MR) is 107 cm³/mol. The SMILES string of the molecule is COC(=O)C(C)n1cnc2sc(C)c(-c3ccc4c(c3)CCCC4)c2c1=O. The van der Waals surface area contributed by atoms with Gasteiger partial charge in [-0.15, -0.1) is 11.3 Å². The Hall–Kier alpha value is -2.47. The number of hydrogen-bond donors (Lipinski definition) is 0. The zero-order chi connectivity index (χ0) is 19.1. The van der Waals surface area contributed by atoms with Crippen LogP contribution in [-0.2, 0) is 22.4 Å². The standard InChI is InChI=1S/C21H22N2O3S/c1-12(21(25)26-3)23-11-22-19-18(20(23)24)17(13(2)27-19)16-9-8-14-6-4-5-7-15(14)10-16/h8-12H,4-7H2,1-3H3. The summed E-state index contributed by atoms with van der Waals surface area (Å²) in [5.74, 6) is -0.458. The van der Waals surface area contributed by atoms with E-state index in [9.17, 15) is 9.59 Å². The number of thiophene rings is 1. The molecule has 6 heteroatoms. The molecule has 1 aliphatic carbocycles. The summed E-state index contributed by atoms with van der Waals surface area (Å²) in [6.45, 7) is 3.67. The van der Waals surface area contributed by atoms with Gasteiger partial charge in [0.15, 0.2) is 0 Å². The van der Waals surface area contributed by atoms with Gasteiger partial charge >= 0.3 is 5.97 Å². The van der Waals surface area contributed by atoms with E-state index < -0.39 is 12.0 Å². The van der Waals surface area contributed by atoms with E-state index in [0.717, 1.165) is 28.8 Å². The van der Waals surface area contributed by atoms with E-state index in [4.69, 9.17) is 4.74 Å². The molecule has 0 saturated carbocycles. The van der Waals surface area contributed by atoms with Gasteiger partial charge in [0, 0.05) is 10.4 Å². The number of carbonyl (C=O) groups excluding carboxylic acids is 1. The van der Waals surface area contributed by atoms with E-state index in [2.05, 4.69) is 23.2 Å². The molecule has 2 heterocycles. The predicted octanol–water partition coefficient (Wildman–Crippen LogP) is 4.05. The van der Waals surface area contributed by atoms with Crippen LogP contribution < -0.4 is 5.56 Å². The third-order valence-electron chi connectivity index (χ3n) is 5.41. The summed E-state index contributed by atoms with van der Waals surface area (Å²) < 4.78 is 6.16. The molecule has 2 aromatic heterocycles. The molecule has 4 rings (SSSR count). The molecule has 0 bridgehead atoms. The highest BCUT2D eigenvalue weighted by atomic mass is 32.1. The van der Waals surface area contributed by atoms with Crippen LogP contribution in [0.25, 0.3) is 21.3 Å². The van der Waals surface area contributed by atoms with Crippen molar-refractivity contribution in [3.63, 3.8) is 0 Å². The first-order valence-corrected chi connectivity index (χ1v) is 10.0. The monoisotopic (exact) mass is 382 g/mol. The lowest BCUT2D eigenvalue weighted by atomic mass is 9.89. The van der Waals surface area contributed by atoms with Crippen molar-refractivity contribution in [1.29, 1.82) is 0 Å². The van der Waals surface area contributed by atoms with Crippen LogP contribution in [0.5, 0.6) is 0 Å². The summed E-state index contributed by atoms with van der Waals surface area (Å²) >= 11 is 1.52. The van der Waals surface area contributed by atoms with Crippen molar-refractivity contribution in [2.24, 2.45) is 0 Å². The van der Waals surface area contributed by atoms with Crippen LogP contribution in [0.15, 0.2) is 29.3 Å². The van der Waals surface area contributed by atoms with Crippen molar-refractivity contribution >= 4 is 27.5 Å². The van der Waals surface area contributed by atoms with Crippen molar-refractivity contribution in [2.75, 3.05) is 7.11 Å². The molecule has 0 saturated heterocycles. The molecule has 27 heavy (non-hydrogen) atoms. The Kier molecular flexibility index (Phi) is 4.60. The van der Waals surface area contributed by atoms with Crippen molar-refractivity contribution in [2.45, 2.75) is 45.6 Å². The smallest absolute Gasteiger partial charge is 0.328 e. The molecule has 0 amide bonds. The van der Waals surface area contributed by atoms with Crippen molar-refractivity contribution in [1.82, 2.24) is 9.55 Å². The van der Waals surface area contributed by atoms with Gasteiger partial charge in [0.2, 0.25) is 0 Å². The molecule has 0 radical (unpaired) electrons. The van der Waals surface area contributed by atoms with E-state index in [1.165, 1.54) is 53.3 Å². The fourth-order valence-corrected chi connectivity index (χ4v) is 4.92. The van der Waals surface area contributed by atoms with Gasteiger partial charge in [-0.3, -0.25) is 9.36 Å². The van der Waals surface area contributed by atoms with E-state index in [1.54, 1.807) is 6.92 Å². The van der Waals surface area contributed by atoms with Gasteiger partial charge in [-0.05, 0) is 56.2 Å². The quantitative estimate of drug-likeness (QED) is 0.641. The maximum absolute atomic E-state index is 13.2. The molecular formula is C21H22N2O3S. The van der Waals surface area contributed by atoms with Crippen molar-refractivity contribution in [3.05, 3.63) is 50.9 Å². The summed E-state index contributed by atoms with van der Waals surface area (Å²) in [6, 6.07) is 5.82. The number of nitrogens with zero attached hydrogens (tertiary/aromatic N) is 2. The largest absolute Gasteiger partial charge is 0.467 e. The molecular weight excluding hydrogens is 360 g/mol. The Labute approximate surface area is 161 Å². The molecule has 1 unspecified atom stereocenters. The number of rotatable bonds is 3. The van der Waals surface area contributed by atoms with Crippen molar-refractivity contribution in [3.8, 4) is 11.1 Å². The highest BCUT2D eigenvalue weighted by Crippen LogP contribution is 2.37. The van der Waals surface area contributed by atoms with E-state index in [1.807, 2.05) is 6.92 Å². The molecule has 0 fully saturated rings. The molecule has 1 aliphatic rings. The number of esters is 1. The fourth-order valence-electron chi connectivity index (χ4n) is 3.91. The molecule has 0 spiro atoms. The fraction of sp³-hybridized carbons (Fsp3) is 0.381. The molecule has 0 aliphatic heterocycles. The van der Waals surface area contributed by atoms with Crippen LogP contribution >= 0.6 is 11.3 Å². The number of methoxy groups -OCH3 is 1. The molecule has 0 N–H and O–H groups in total. The minimum absolute atomic E-state index is 0.199. The summed E-state index contributed by atoms with van der Waals surface area (Å²) in [7, 11) is 1.32. The zero-order valence-electron chi connectivity index (χ0n) is 15.7. The molecule has 5 nitrogen and oxygen atoms in total. The summed E-state index contributed by atoms with van der Waals surface area (Å²) in [5.41, 5.74) is 4.59. The van der Waals surface area contributed by atoms with Crippen LogP contribution in [0.1, 0.15) is 41.8 Å². The molecule has 1 aromatic carbocycles. The summed E-state index contributed by atoms with van der Waals surface area (Å²) in [4.78, 5) is 31.3. The average molecular weight is 382 g/mol. The number of hydrogen-bond acceptors (Lipinski definition) is 5. The minimum Gasteiger partial charge on any atom is -0.467 e. The summed E-state index contributed by atoms with van der Waals surface area (Å²) in [6.07, 6.45) is 6.12. The van der Waals surface area contributed by atoms with Crippen LogP contribution in [0.3, 0.4) is 0 Å². The maximum atomic E-state index is 13.2. The Morgan fingerprint density at radius 2 is 2.00 bits per heavy atom. The van der Waals surface area contributed by atoms with Crippen LogP contribution in [0.2, 0.25) is 0 Å².